The third-order valence-electron chi connectivity index (χ3n) is 2.62. The maximum Gasteiger partial charge on any atom is 0.338 e. The lowest BCUT2D eigenvalue weighted by atomic mass is 10.2. The normalized spacial score (nSPS) is 10.4. The first-order chi connectivity index (χ1) is 10.0. The fourth-order valence-electron chi connectivity index (χ4n) is 1.57. The molecule has 0 aliphatic heterocycles. The van der Waals surface area contributed by atoms with E-state index in [1.54, 1.807) is 0 Å². The lowest BCUT2D eigenvalue weighted by molar-refractivity contribution is -0.387. The van der Waals surface area contributed by atoms with Crippen molar-refractivity contribution < 1.29 is 14.5 Å². The third-order valence-corrected chi connectivity index (χ3v) is 3.55. The van der Waals surface area contributed by atoms with Gasteiger partial charge in [0.25, 0.3) is 5.69 Å². The van der Waals surface area contributed by atoms with Crippen LogP contribution in [0.3, 0.4) is 0 Å². The number of carbonyl (C=O) groups excluding carboxylic acids is 1. The Morgan fingerprint density at radius 1 is 1.52 bits per heavy atom. The molecule has 1 aromatic carbocycles. The second kappa shape index (κ2) is 6.35. The Bertz CT molecular complexity index is 686. The molecule has 0 saturated heterocycles. The molecule has 0 fully saturated rings. The number of aromatic nitrogens is 3. The summed E-state index contributed by atoms with van der Waals surface area (Å²) in [6.45, 7) is 1.92. The number of ether oxygens (including phenoxy) is 1. The van der Waals surface area contributed by atoms with Crippen molar-refractivity contribution in [3.63, 3.8) is 0 Å². The second-order valence-electron chi connectivity index (χ2n) is 3.95. The quantitative estimate of drug-likeness (QED) is 0.512. The molecule has 0 unspecified atom stereocenters. The lowest BCUT2D eigenvalue weighted by Gasteiger charge is -2.03. The van der Waals surface area contributed by atoms with E-state index in [1.165, 1.54) is 25.3 Å². The molecule has 0 amide bonds. The van der Waals surface area contributed by atoms with Crippen molar-refractivity contribution in [1.29, 1.82) is 0 Å². The molecule has 0 atom stereocenters. The van der Waals surface area contributed by atoms with Crippen LogP contribution in [-0.2, 0) is 11.2 Å². The minimum Gasteiger partial charge on any atom is -0.465 e. The van der Waals surface area contributed by atoms with Gasteiger partial charge in [0.1, 0.15) is 5.82 Å². The van der Waals surface area contributed by atoms with E-state index >= 15 is 0 Å². The van der Waals surface area contributed by atoms with Crippen LogP contribution >= 0.6 is 11.8 Å². The molecule has 9 heteroatoms. The van der Waals surface area contributed by atoms with Crippen LogP contribution in [0.2, 0.25) is 0 Å². The summed E-state index contributed by atoms with van der Waals surface area (Å²) >= 11 is 1.06. The number of nitro benzene ring substituents is 1. The number of nitro groups is 1. The number of hydrogen-bond donors (Lipinski definition) is 1. The van der Waals surface area contributed by atoms with E-state index in [-0.39, 0.29) is 11.3 Å². The maximum atomic E-state index is 11.4. The molecular weight excluding hydrogens is 296 g/mol. The summed E-state index contributed by atoms with van der Waals surface area (Å²) in [5, 5.41) is 18.2. The predicted molar refractivity (Wildman–Crippen MR) is 74.3 cm³/mol. The van der Waals surface area contributed by atoms with E-state index in [2.05, 4.69) is 19.9 Å². The summed E-state index contributed by atoms with van der Waals surface area (Å²) in [6, 6.07) is 4.13. The minimum absolute atomic E-state index is 0.123. The van der Waals surface area contributed by atoms with Crippen molar-refractivity contribution >= 4 is 23.4 Å². The van der Waals surface area contributed by atoms with Gasteiger partial charge >= 0.3 is 5.97 Å². The van der Waals surface area contributed by atoms with Crippen LogP contribution in [0, 0.1) is 10.1 Å². The molecule has 0 saturated carbocycles. The first-order valence-electron chi connectivity index (χ1n) is 6.01. The Morgan fingerprint density at radius 2 is 2.29 bits per heavy atom. The number of rotatable bonds is 5. The Morgan fingerprint density at radius 3 is 2.86 bits per heavy atom. The van der Waals surface area contributed by atoms with Crippen molar-refractivity contribution in [3.05, 3.63) is 39.7 Å². The van der Waals surface area contributed by atoms with Crippen molar-refractivity contribution in [2.45, 2.75) is 23.4 Å². The average molecular weight is 308 g/mol. The maximum absolute atomic E-state index is 11.4. The Kier molecular flexibility index (Phi) is 4.53. The standard InChI is InChI=1S/C12H12N4O4S/c1-3-10-13-12(15-14-10)21-9-5-4-7(11(17)20-2)6-8(9)16(18)19/h4-6H,3H2,1-2H3,(H,13,14,15). The number of H-pyrrole nitrogens is 1. The van der Waals surface area contributed by atoms with Gasteiger partial charge in [0.15, 0.2) is 0 Å². The number of hydrogen-bond acceptors (Lipinski definition) is 7. The Balaban J connectivity index is 2.34. The summed E-state index contributed by atoms with van der Waals surface area (Å²) in [6.07, 6.45) is 0.691. The molecule has 110 valence electrons. The summed E-state index contributed by atoms with van der Waals surface area (Å²) in [7, 11) is 1.22. The largest absolute Gasteiger partial charge is 0.465 e. The zero-order valence-electron chi connectivity index (χ0n) is 11.3. The van der Waals surface area contributed by atoms with Gasteiger partial charge < -0.3 is 4.74 Å². The van der Waals surface area contributed by atoms with Crippen LogP contribution in [0.4, 0.5) is 5.69 Å². The molecule has 0 radical (unpaired) electrons. The van der Waals surface area contributed by atoms with Gasteiger partial charge in [-0.1, -0.05) is 6.92 Å². The molecule has 1 heterocycles. The summed E-state index contributed by atoms with van der Waals surface area (Å²) in [5.74, 6) is 0.0761. The number of benzene rings is 1. The van der Waals surface area contributed by atoms with Gasteiger partial charge in [-0.25, -0.2) is 9.78 Å². The molecule has 2 aromatic rings. The molecule has 1 N–H and O–H groups in total. The minimum atomic E-state index is -0.624. The van der Waals surface area contributed by atoms with Gasteiger partial charge in [-0.2, -0.15) is 0 Å². The number of nitrogens with one attached hydrogen (secondary N) is 1. The van der Waals surface area contributed by atoms with E-state index in [9.17, 15) is 14.9 Å². The smallest absolute Gasteiger partial charge is 0.338 e. The van der Waals surface area contributed by atoms with Crippen LogP contribution < -0.4 is 0 Å². The summed E-state index contributed by atoms with van der Waals surface area (Å²) in [4.78, 5) is 26.5. The highest BCUT2D eigenvalue weighted by molar-refractivity contribution is 7.99. The van der Waals surface area contributed by atoms with E-state index in [1.807, 2.05) is 6.92 Å². The Hall–Kier alpha value is -2.42. The predicted octanol–water partition coefficient (Wildman–Crippen LogP) is 2.21. The average Bonchev–Trinajstić information content (AvgIpc) is 2.94. The number of nitrogens with zero attached hydrogens (tertiary/aromatic N) is 3. The van der Waals surface area contributed by atoms with Gasteiger partial charge in [-0.15, -0.1) is 5.10 Å². The first-order valence-corrected chi connectivity index (χ1v) is 6.82. The second-order valence-corrected chi connectivity index (χ2v) is 4.96. The van der Waals surface area contributed by atoms with Crippen LogP contribution in [0.15, 0.2) is 28.3 Å². The number of aromatic amines is 1. The molecular formula is C12H12N4O4S. The number of methoxy groups -OCH3 is 1. The van der Waals surface area contributed by atoms with Crippen LogP contribution in [-0.4, -0.2) is 33.2 Å². The van der Waals surface area contributed by atoms with E-state index in [0.717, 1.165) is 11.8 Å². The van der Waals surface area contributed by atoms with Crippen molar-refractivity contribution in [3.8, 4) is 0 Å². The topological polar surface area (TPSA) is 111 Å². The SMILES string of the molecule is CCc1nc(Sc2ccc(C(=O)OC)cc2[N+](=O)[O-])n[nH]1. The molecule has 8 nitrogen and oxygen atoms in total. The van der Waals surface area contributed by atoms with Gasteiger partial charge in [0, 0.05) is 12.5 Å². The zero-order chi connectivity index (χ0) is 15.4. The van der Waals surface area contributed by atoms with E-state index in [0.29, 0.717) is 22.3 Å². The fourth-order valence-corrected chi connectivity index (χ4v) is 2.39. The van der Waals surface area contributed by atoms with Crippen molar-refractivity contribution in [2.24, 2.45) is 0 Å². The highest BCUT2D eigenvalue weighted by Gasteiger charge is 2.20. The highest BCUT2D eigenvalue weighted by Crippen LogP contribution is 2.33. The first kappa shape index (κ1) is 15.0. The van der Waals surface area contributed by atoms with Gasteiger partial charge in [-0.05, 0) is 23.9 Å². The molecule has 1 aromatic heterocycles. The zero-order valence-corrected chi connectivity index (χ0v) is 12.1. The van der Waals surface area contributed by atoms with Crippen molar-refractivity contribution in [2.75, 3.05) is 7.11 Å². The van der Waals surface area contributed by atoms with E-state index in [4.69, 9.17) is 0 Å². The highest BCUT2D eigenvalue weighted by atomic mass is 32.2. The molecule has 0 spiro atoms. The van der Waals surface area contributed by atoms with Crippen LogP contribution in [0.5, 0.6) is 0 Å². The summed E-state index contributed by atoms with van der Waals surface area (Å²) in [5.41, 5.74) is -0.0662. The number of aryl methyl sites for hydroxylation is 1. The molecule has 0 bridgehead atoms. The number of carbonyl (C=O) groups is 1. The molecule has 21 heavy (non-hydrogen) atoms. The Labute approximate surface area is 124 Å². The van der Waals surface area contributed by atoms with Crippen molar-refractivity contribution in [1.82, 2.24) is 15.2 Å². The molecule has 0 aliphatic carbocycles. The lowest BCUT2D eigenvalue weighted by Crippen LogP contribution is -2.02. The number of esters is 1. The van der Waals surface area contributed by atoms with E-state index < -0.39 is 10.9 Å². The van der Waals surface area contributed by atoms with Gasteiger partial charge in [0.05, 0.1) is 22.5 Å². The molecule has 2 rings (SSSR count). The molecule has 0 aliphatic rings. The fraction of sp³-hybridized carbons (Fsp3) is 0.250. The van der Waals surface area contributed by atoms with Gasteiger partial charge in [0.2, 0.25) is 5.16 Å². The third kappa shape index (κ3) is 3.37. The monoisotopic (exact) mass is 308 g/mol. The van der Waals surface area contributed by atoms with Gasteiger partial charge in [-0.3, -0.25) is 15.2 Å². The van der Waals surface area contributed by atoms with Crippen LogP contribution in [0.25, 0.3) is 0 Å². The van der Waals surface area contributed by atoms with Crippen LogP contribution in [0.1, 0.15) is 23.1 Å². The summed E-state index contributed by atoms with van der Waals surface area (Å²) < 4.78 is 4.55.